The van der Waals surface area contributed by atoms with Crippen LogP contribution in [0.2, 0.25) is 0 Å². The number of alkyl carbamates (subject to hydrolysis) is 1. The fourth-order valence-corrected chi connectivity index (χ4v) is 2.46. The first-order valence-corrected chi connectivity index (χ1v) is 9.98. The Balaban J connectivity index is 0.00000784. The van der Waals surface area contributed by atoms with Gasteiger partial charge >= 0.3 is 6.09 Å². The van der Waals surface area contributed by atoms with Gasteiger partial charge in [-0.05, 0) is 46.2 Å². The molecule has 0 fully saturated rings. The monoisotopic (exact) mass is 524 g/mol. The lowest BCUT2D eigenvalue weighted by Gasteiger charge is -2.24. The highest BCUT2D eigenvalue weighted by atomic mass is 127. The molecule has 9 heteroatoms. The highest BCUT2D eigenvalue weighted by Crippen LogP contribution is 2.13. The van der Waals surface area contributed by atoms with Gasteiger partial charge in [0.25, 0.3) is 0 Å². The Morgan fingerprint density at radius 1 is 1.31 bits per heavy atom. The second kappa shape index (κ2) is 14.5. The molecule has 0 aromatic carbocycles. The van der Waals surface area contributed by atoms with E-state index < -0.39 is 17.8 Å². The molecule has 0 aliphatic heterocycles. The third-order valence-corrected chi connectivity index (χ3v) is 3.78. The maximum atomic E-state index is 11.9. The summed E-state index contributed by atoms with van der Waals surface area (Å²) >= 11 is 0. The standard InChI is InChI=1S/C20H36N4O4.HI/c1-6-8-10-15(13-23-19(26)28-20(3,4)5)24-18(21-7-2)22-14-16(25)17-11-9-12-27-17;/h9,11-12,15-16,25H,6-8,10,13-14H2,1-5H3,(H,23,26)(H2,21,22,24);1H. The Labute approximate surface area is 191 Å². The van der Waals surface area contributed by atoms with Crippen molar-refractivity contribution in [2.24, 2.45) is 4.99 Å². The number of carbonyl (C=O) groups is 1. The number of guanidine groups is 1. The van der Waals surface area contributed by atoms with E-state index >= 15 is 0 Å². The first-order valence-electron chi connectivity index (χ1n) is 9.98. The van der Waals surface area contributed by atoms with Crippen molar-refractivity contribution in [3.05, 3.63) is 24.2 Å². The summed E-state index contributed by atoms with van der Waals surface area (Å²) in [6.45, 7) is 10.9. The summed E-state index contributed by atoms with van der Waals surface area (Å²) in [5.41, 5.74) is -0.533. The zero-order valence-electron chi connectivity index (χ0n) is 18.2. The molecule has 0 saturated heterocycles. The molecule has 1 amide bonds. The van der Waals surface area contributed by atoms with Crippen LogP contribution in [0.3, 0.4) is 0 Å². The highest BCUT2D eigenvalue weighted by molar-refractivity contribution is 14.0. The third-order valence-electron chi connectivity index (χ3n) is 3.78. The predicted molar refractivity (Wildman–Crippen MR) is 126 cm³/mol. The van der Waals surface area contributed by atoms with Crippen LogP contribution in [0.15, 0.2) is 27.8 Å². The third kappa shape index (κ3) is 12.6. The molecule has 0 saturated carbocycles. The van der Waals surface area contributed by atoms with E-state index in [0.717, 1.165) is 19.3 Å². The minimum absolute atomic E-state index is 0. The summed E-state index contributed by atoms with van der Waals surface area (Å²) in [7, 11) is 0. The van der Waals surface area contributed by atoms with Crippen molar-refractivity contribution in [2.45, 2.75) is 71.6 Å². The summed E-state index contributed by atoms with van der Waals surface area (Å²) in [6, 6.07) is 3.44. The number of aliphatic hydroxyl groups is 1. The fourth-order valence-electron chi connectivity index (χ4n) is 2.46. The van der Waals surface area contributed by atoms with Crippen molar-refractivity contribution in [3.8, 4) is 0 Å². The van der Waals surface area contributed by atoms with Gasteiger partial charge < -0.3 is 30.2 Å². The predicted octanol–water partition coefficient (Wildman–Crippen LogP) is 3.57. The Hall–Kier alpha value is -1.49. The van der Waals surface area contributed by atoms with Crippen molar-refractivity contribution in [1.82, 2.24) is 16.0 Å². The quantitative estimate of drug-likeness (QED) is 0.212. The number of nitrogens with zero attached hydrogens (tertiary/aromatic N) is 1. The molecule has 2 unspecified atom stereocenters. The number of aliphatic hydroxyl groups excluding tert-OH is 1. The van der Waals surface area contributed by atoms with E-state index in [2.05, 4.69) is 27.9 Å². The number of halogens is 1. The number of rotatable bonds is 10. The molecule has 1 heterocycles. The summed E-state index contributed by atoms with van der Waals surface area (Å²) < 4.78 is 10.5. The number of hydrogen-bond donors (Lipinski definition) is 4. The second-order valence-corrected chi connectivity index (χ2v) is 7.62. The lowest BCUT2D eigenvalue weighted by molar-refractivity contribution is 0.0522. The molecule has 1 rings (SSSR count). The topological polar surface area (TPSA) is 108 Å². The van der Waals surface area contributed by atoms with E-state index in [1.54, 1.807) is 12.1 Å². The van der Waals surface area contributed by atoms with Gasteiger partial charge in [0.15, 0.2) is 5.96 Å². The minimum atomic E-state index is -0.806. The maximum absolute atomic E-state index is 11.9. The Bertz CT molecular complexity index is 588. The van der Waals surface area contributed by atoms with Gasteiger partial charge in [-0.1, -0.05) is 19.8 Å². The second-order valence-electron chi connectivity index (χ2n) is 7.62. The van der Waals surface area contributed by atoms with Crippen LogP contribution in [0, 0.1) is 0 Å². The number of nitrogens with one attached hydrogen (secondary N) is 3. The maximum Gasteiger partial charge on any atom is 0.407 e. The van der Waals surface area contributed by atoms with Crippen LogP contribution < -0.4 is 16.0 Å². The van der Waals surface area contributed by atoms with Gasteiger partial charge in [0.2, 0.25) is 0 Å². The molecule has 0 spiro atoms. The summed E-state index contributed by atoms with van der Waals surface area (Å²) in [4.78, 5) is 16.4. The highest BCUT2D eigenvalue weighted by Gasteiger charge is 2.18. The lowest BCUT2D eigenvalue weighted by atomic mass is 10.1. The number of carbonyl (C=O) groups excluding carboxylic acids is 1. The molecule has 2 atom stereocenters. The number of ether oxygens (including phenoxy) is 1. The number of unbranched alkanes of at least 4 members (excludes halogenated alkanes) is 1. The van der Waals surface area contributed by atoms with Crippen molar-refractivity contribution in [3.63, 3.8) is 0 Å². The van der Waals surface area contributed by atoms with Crippen molar-refractivity contribution >= 4 is 36.0 Å². The molecule has 0 aliphatic carbocycles. The van der Waals surface area contributed by atoms with Crippen LogP contribution in [-0.2, 0) is 4.74 Å². The molecule has 1 aromatic rings. The number of furan rings is 1. The van der Waals surface area contributed by atoms with E-state index in [-0.39, 0.29) is 36.6 Å². The zero-order chi connectivity index (χ0) is 21.0. The molecule has 29 heavy (non-hydrogen) atoms. The van der Waals surface area contributed by atoms with Gasteiger partial charge in [-0.2, -0.15) is 0 Å². The summed E-state index contributed by atoms with van der Waals surface area (Å²) in [5.74, 6) is 1.06. The van der Waals surface area contributed by atoms with Crippen LogP contribution in [0.4, 0.5) is 4.79 Å². The fraction of sp³-hybridized carbons (Fsp3) is 0.700. The summed E-state index contributed by atoms with van der Waals surface area (Å²) in [6.07, 6.45) is 3.22. The molecule has 0 bridgehead atoms. The molecule has 168 valence electrons. The van der Waals surface area contributed by atoms with E-state index in [4.69, 9.17) is 9.15 Å². The van der Waals surface area contributed by atoms with Crippen molar-refractivity contribution < 1.29 is 19.1 Å². The Morgan fingerprint density at radius 3 is 2.59 bits per heavy atom. The summed E-state index contributed by atoms with van der Waals surface area (Å²) in [5, 5.41) is 19.5. The first-order chi connectivity index (χ1) is 13.2. The molecule has 8 nitrogen and oxygen atoms in total. The molecule has 4 N–H and O–H groups in total. The van der Waals surface area contributed by atoms with Crippen LogP contribution >= 0.6 is 24.0 Å². The molecule has 0 aliphatic rings. The van der Waals surface area contributed by atoms with E-state index in [0.29, 0.717) is 24.8 Å². The number of hydrogen-bond acceptors (Lipinski definition) is 5. The smallest absolute Gasteiger partial charge is 0.407 e. The number of aliphatic imine (C=N–C) groups is 1. The van der Waals surface area contributed by atoms with Crippen LogP contribution in [0.1, 0.15) is 65.7 Å². The minimum Gasteiger partial charge on any atom is -0.467 e. The van der Waals surface area contributed by atoms with Crippen LogP contribution in [0.5, 0.6) is 0 Å². The van der Waals surface area contributed by atoms with Gasteiger partial charge in [-0.3, -0.25) is 4.99 Å². The van der Waals surface area contributed by atoms with Crippen molar-refractivity contribution in [1.29, 1.82) is 0 Å². The zero-order valence-corrected chi connectivity index (χ0v) is 20.5. The number of amides is 1. The van der Waals surface area contributed by atoms with Gasteiger partial charge in [-0.15, -0.1) is 24.0 Å². The Kier molecular flexibility index (Phi) is 13.7. The van der Waals surface area contributed by atoms with Crippen LogP contribution in [0.25, 0.3) is 0 Å². The lowest BCUT2D eigenvalue weighted by Crippen LogP contribution is -2.49. The SMILES string of the molecule is CCCCC(CNC(=O)OC(C)(C)C)NC(=NCC(O)c1ccco1)NCC.I. The van der Waals surface area contributed by atoms with E-state index in [1.807, 2.05) is 27.7 Å². The van der Waals surface area contributed by atoms with Gasteiger partial charge in [0.1, 0.15) is 17.5 Å². The first kappa shape index (κ1) is 27.5. The van der Waals surface area contributed by atoms with E-state index in [1.165, 1.54) is 6.26 Å². The molecule has 0 radical (unpaired) electrons. The van der Waals surface area contributed by atoms with Crippen LogP contribution in [-0.4, -0.2) is 48.4 Å². The van der Waals surface area contributed by atoms with Gasteiger partial charge in [0.05, 0.1) is 12.8 Å². The largest absolute Gasteiger partial charge is 0.467 e. The van der Waals surface area contributed by atoms with E-state index in [9.17, 15) is 9.90 Å². The van der Waals surface area contributed by atoms with Gasteiger partial charge in [0, 0.05) is 19.1 Å². The molecular weight excluding hydrogens is 487 g/mol. The molecule has 1 aromatic heterocycles. The Morgan fingerprint density at radius 2 is 2.03 bits per heavy atom. The van der Waals surface area contributed by atoms with Crippen molar-refractivity contribution in [2.75, 3.05) is 19.6 Å². The molecular formula is C20H37IN4O4. The average molecular weight is 524 g/mol. The van der Waals surface area contributed by atoms with Gasteiger partial charge in [-0.25, -0.2) is 4.79 Å². The average Bonchev–Trinajstić information content (AvgIpc) is 3.15. The normalized spacial score (nSPS) is 13.8.